The van der Waals surface area contributed by atoms with Gasteiger partial charge in [0.1, 0.15) is 6.04 Å². The Morgan fingerprint density at radius 3 is 2.38 bits per heavy atom. The Morgan fingerprint density at radius 1 is 1.46 bits per heavy atom. The number of ether oxygens (including phenoxy) is 1. The number of hydrogen-bond donors (Lipinski definition) is 1. The maximum absolute atomic E-state index is 10.9. The minimum absolute atomic E-state index is 0.306. The summed E-state index contributed by atoms with van der Waals surface area (Å²) < 4.78 is 4.93. The second kappa shape index (κ2) is 5.22. The van der Waals surface area contributed by atoms with Crippen molar-refractivity contribution in [1.82, 2.24) is 0 Å². The van der Waals surface area contributed by atoms with E-state index in [-0.39, 0.29) is 5.97 Å². The van der Waals surface area contributed by atoms with E-state index in [9.17, 15) is 4.79 Å². The van der Waals surface area contributed by atoms with Crippen molar-refractivity contribution in [3.63, 3.8) is 0 Å². The highest BCUT2D eigenvalue weighted by molar-refractivity contribution is 5.74. The van der Waals surface area contributed by atoms with Gasteiger partial charge in [-0.05, 0) is 25.2 Å². The molecule has 3 nitrogen and oxygen atoms in total. The summed E-state index contributed by atoms with van der Waals surface area (Å²) in [6.07, 6.45) is 1.96. The molecule has 0 saturated carbocycles. The van der Waals surface area contributed by atoms with Crippen LogP contribution in [0.3, 0.4) is 0 Å². The van der Waals surface area contributed by atoms with Gasteiger partial charge in [0.2, 0.25) is 0 Å². The van der Waals surface area contributed by atoms with Gasteiger partial charge in [0, 0.05) is 0 Å². The first-order valence-corrected chi connectivity index (χ1v) is 4.75. The van der Waals surface area contributed by atoms with Gasteiger partial charge < -0.3 is 10.5 Å². The average molecular weight is 187 g/mol. The molecule has 1 atom stereocenters. The Kier molecular flexibility index (Phi) is 4.99. The number of hydrogen-bond acceptors (Lipinski definition) is 3. The van der Waals surface area contributed by atoms with Crippen LogP contribution < -0.4 is 5.73 Å². The summed E-state index contributed by atoms with van der Waals surface area (Å²) in [5.41, 5.74) is 5.64. The highest BCUT2D eigenvalue weighted by Crippen LogP contribution is 2.20. The number of carbonyl (C=O) groups excluding carboxylic acids is 1. The minimum Gasteiger partial charge on any atom is -0.465 e. The van der Waals surface area contributed by atoms with Crippen LogP contribution in [0.1, 0.15) is 40.5 Å². The van der Waals surface area contributed by atoms with Crippen molar-refractivity contribution in [2.45, 2.75) is 46.6 Å². The van der Waals surface area contributed by atoms with Gasteiger partial charge in [-0.2, -0.15) is 0 Å². The molecule has 0 aromatic rings. The number of esters is 1. The summed E-state index contributed by atoms with van der Waals surface area (Å²) >= 11 is 0. The molecule has 1 unspecified atom stereocenters. The molecule has 0 spiro atoms. The van der Waals surface area contributed by atoms with Crippen LogP contribution in [0.4, 0.5) is 0 Å². The van der Waals surface area contributed by atoms with Crippen molar-refractivity contribution in [3.05, 3.63) is 0 Å². The maximum Gasteiger partial charge on any atom is 0.322 e. The predicted octanol–water partition coefficient (Wildman–Crippen LogP) is 1.70. The van der Waals surface area contributed by atoms with Gasteiger partial charge in [0.25, 0.3) is 0 Å². The second-order valence-corrected chi connectivity index (χ2v) is 4.62. The van der Waals surface area contributed by atoms with Gasteiger partial charge in [-0.25, -0.2) is 0 Å². The lowest BCUT2D eigenvalue weighted by Gasteiger charge is -2.17. The van der Waals surface area contributed by atoms with Crippen LogP contribution >= 0.6 is 0 Å². The van der Waals surface area contributed by atoms with E-state index in [4.69, 9.17) is 10.5 Å². The molecule has 0 aromatic carbocycles. The molecule has 0 aromatic heterocycles. The smallest absolute Gasteiger partial charge is 0.322 e. The van der Waals surface area contributed by atoms with Crippen molar-refractivity contribution < 1.29 is 9.53 Å². The topological polar surface area (TPSA) is 52.3 Å². The molecule has 0 amide bonds. The third-order valence-electron chi connectivity index (χ3n) is 1.69. The van der Waals surface area contributed by atoms with E-state index in [0.717, 1.165) is 12.8 Å². The van der Waals surface area contributed by atoms with Crippen LogP contribution in [-0.4, -0.2) is 18.6 Å². The lowest BCUT2D eigenvalue weighted by atomic mass is 9.91. The zero-order valence-electron chi connectivity index (χ0n) is 9.09. The van der Waals surface area contributed by atoms with E-state index in [1.165, 1.54) is 0 Å². The first kappa shape index (κ1) is 12.4. The molecule has 3 heteroatoms. The van der Waals surface area contributed by atoms with Crippen LogP contribution in [0, 0.1) is 5.41 Å². The van der Waals surface area contributed by atoms with Crippen LogP contribution in [-0.2, 0) is 9.53 Å². The van der Waals surface area contributed by atoms with Crippen molar-refractivity contribution >= 4 is 5.97 Å². The van der Waals surface area contributed by atoms with Crippen molar-refractivity contribution in [2.75, 3.05) is 6.61 Å². The molecule has 2 N–H and O–H groups in total. The zero-order valence-corrected chi connectivity index (χ0v) is 9.09. The van der Waals surface area contributed by atoms with Crippen molar-refractivity contribution in [3.8, 4) is 0 Å². The van der Waals surface area contributed by atoms with E-state index >= 15 is 0 Å². The summed E-state index contributed by atoms with van der Waals surface area (Å²) in [6.45, 7) is 8.62. The number of rotatable bonds is 4. The third kappa shape index (κ3) is 7.78. The highest BCUT2D eigenvalue weighted by Gasteiger charge is 2.11. The lowest BCUT2D eigenvalue weighted by Crippen LogP contribution is -2.29. The molecule has 0 radical (unpaired) electrons. The van der Waals surface area contributed by atoms with Crippen LogP contribution in [0.2, 0.25) is 0 Å². The van der Waals surface area contributed by atoms with Crippen LogP contribution in [0.5, 0.6) is 0 Å². The Hall–Kier alpha value is -0.570. The second-order valence-electron chi connectivity index (χ2n) is 4.62. The fourth-order valence-corrected chi connectivity index (χ4v) is 0.907. The van der Waals surface area contributed by atoms with Crippen molar-refractivity contribution in [1.29, 1.82) is 0 Å². The van der Waals surface area contributed by atoms with Gasteiger partial charge >= 0.3 is 5.97 Å². The van der Waals surface area contributed by atoms with Gasteiger partial charge in [-0.3, -0.25) is 4.79 Å². The Bertz CT molecular complexity index is 159. The molecule has 0 heterocycles. The first-order valence-electron chi connectivity index (χ1n) is 4.75. The fourth-order valence-electron chi connectivity index (χ4n) is 0.907. The van der Waals surface area contributed by atoms with Gasteiger partial charge in [-0.1, -0.05) is 20.8 Å². The quantitative estimate of drug-likeness (QED) is 0.538. The summed E-state index contributed by atoms with van der Waals surface area (Å²) in [5.74, 6) is -0.311. The molecular formula is C10H21NO2. The normalized spacial score (nSPS) is 13.9. The van der Waals surface area contributed by atoms with Gasteiger partial charge in [-0.15, -0.1) is 0 Å². The molecule has 0 bridgehead atoms. The van der Waals surface area contributed by atoms with Crippen LogP contribution in [0.15, 0.2) is 0 Å². The summed E-state index contributed by atoms with van der Waals surface area (Å²) in [5, 5.41) is 0. The molecule has 0 aliphatic heterocycles. The van der Waals surface area contributed by atoms with Gasteiger partial charge in [0.05, 0.1) is 6.61 Å². The molecule has 0 aliphatic carbocycles. The summed E-state index contributed by atoms with van der Waals surface area (Å²) in [4.78, 5) is 10.9. The molecule has 13 heavy (non-hydrogen) atoms. The maximum atomic E-state index is 10.9. The van der Waals surface area contributed by atoms with E-state index in [1.54, 1.807) is 6.92 Å². The number of nitrogens with two attached hydrogens (primary N) is 1. The molecular weight excluding hydrogens is 166 g/mol. The first-order chi connectivity index (χ1) is 5.83. The molecule has 0 fully saturated rings. The highest BCUT2D eigenvalue weighted by atomic mass is 16.5. The third-order valence-corrected chi connectivity index (χ3v) is 1.69. The largest absolute Gasteiger partial charge is 0.465 e. The summed E-state index contributed by atoms with van der Waals surface area (Å²) in [7, 11) is 0. The SMILES string of the molecule is CC(N)C(=O)OCCCC(C)(C)C. The van der Waals surface area contributed by atoms with E-state index < -0.39 is 6.04 Å². The van der Waals surface area contributed by atoms with E-state index in [1.807, 2.05) is 0 Å². The fraction of sp³-hybridized carbons (Fsp3) is 0.900. The number of carbonyl (C=O) groups is 1. The van der Waals surface area contributed by atoms with Crippen molar-refractivity contribution in [2.24, 2.45) is 11.1 Å². The average Bonchev–Trinajstić information content (AvgIpc) is 1.95. The Morgan fingerprint density at radius 2 is 2.00 bits per heavy atom. The minimum atomic E-state index is -0.505. The summed E-state index contributed by atoms with van der Waals surface area (Å²) in [6, 6.07) is -0.505. The monoisotopic (exact) mass is 187 g/mol. The zero-order chi connectivity index (χ0) is 10.5. The predicted molar refractivity (Wildman–Crippen MR) is 53.3 cm³/mol. The molecule has 0 rings (SSSR count). The van der Waals surface area contributed by atoms with Crippen LogP contribution in [0.25, 0.3) is 0 Å². The van der Waals surface area contributed by atoms with E-state index in [0.29, 0.717) is 12.0 Å². The lowest BCUT2D eigenvalue weighted by molar-refractivity contribution is -0.145. The molecule has 0 aliphatic rings. The standard InChI is InChI=1S/C10H21NO2/c1-8(11)9(12)13-7-5-6-10(2,3)4/h8H,5-7,11H2,1-4H3. The molecule has 0 saturated heterocycles. The van der Waals surface area contributed by atoms with Gasteiger partial charge in [0.15, 0.2) is 0 Å². The van der Waals surface area contributed by atoms with E-state index in [2.05, 4.69) is 20.8 Å². The molecule has 78 valence electrons. The Labute approximate surface area is 80.6 Å². The Balaban J connectivity index is 3.42.